The van der Waals surface area contributed by atoms with Crippen LogP contribution in [0.15, 0.2) is 12.3 Å². The first-order valence-electron chi connectivity index (χ1n) is 4.66. The van der Waals surface area contributed by atoms with Crippen molar-refractivity contribution in [2.24, 2.45) is 13.0 Å². The van der Waals surface area contributed by atoms with Gasteiger partial charge < -0.3 is 10.1 Å². The van der Waals surface area contributed by atoms with Crippen LogP contribution in [0.25, 0.3) is 0 Å². The van der Waals surface area contributed by atoms with Gasteiger partial charge in [-0.15, -0.1) is 0 Å². The van der Waals surface area contributed by atoms with Gasteiger partial charge >= 0.3 is 0 Å². The number of nitrogens with zero attached hydrogens (tertiary/aromatic N) is 2. The highest BCUT2D eigenvalue weighted by atomic mass is 16.5. The van der Waals surface area contributed by atoms with E-state index in [0.717, 1.165) is 25.6 Å². The maximum absolute atomic E-state index is 5.29. The van der Waals surface area contributed by atoms with Crippen molar-refractivity contribution in [1.29, 1.82) is 0 Å². The van der Waals surface area contributed by atoms with Gasteiger partial charge in [-0.1, -0.05) is 0 Å². The molecule has 1 aliphatic heterocycles. The normalized spacial score (nSPS) is 22.1. The third-order valence-electron chi connectivity index (χ3n) is 2.31. The number of nitrogens with one attached hydrogen (secondary N) is 1. The predicted molar refractivity (Wildman–Crippen MR) is 50.6 cm³/mol. The van der Waals surface area contributed by atoms with Gasteiger partial charge in [0.25, 0.3) is 0 Å². The van der Waals surface area contributed by atoms with Crippen molar-refractivity contribution in [1.82, 2.24) is 9.78 Å². The number of aryl methyl sites for hydroxylation is 1. The first kappa shape index (κ1) is 8.56. The van der Waals surface area contributed by atoms with E-state index in [1.54, 1.807) is 4.68 Å². The van der Waals surface area contributed by atoms with Crippen molar-refractivity contribution in [2.45, 2.75) is 6.42 Å². The minimum Gasteiger partial charge on any atom is -0.381 e. The highest BCUT2D eigenvalue weighted by Gasteiger charge is 2.15. The quantitative estimate of drug-likeness (QED) is 0.752. The molecule has 1 aromatic heterocycles. The molecule has 2 rings (SSSR count). The van der Waals surface area contributed by atoms with Crippen molar-refractivity contribution in [3.63, 3.8) is 0 Å². The van der Waals surface area contributed by atoms with Crippen LogP contribution in [0.3, 0.4) is 0 Å². The summed E-state index contributed by atoms with van der Waals surface area (Å²) in [6.07, 6.45) is 3.10. The summed E-state index contributed by atoms with van der Waals surface area (Å²) in [4.78, 5) is 0. The van der Waals surface area contributed by atoms with E-state index in [9.17, 15) is 0 Å². The molecule has 2 heterocycles. The van der Waals surface area contributed by atoms with Crippen molar-refractivity contribution >= 4 is 5.82 Å². The van der Waals surface area contributed by atoms with Crippen molar-refractivity contribution < 1.29 is 4.74 Å². The zero-order valence-corrected chi connectivity index (χ0v) is 7.86. The fourth-order valence-electron chi connectivity index (χ4n) is 1.50. The summed E-state index contributed by atoms with van der Waals surface area (Å²) in [5.74, 6) is 1.61. The van der Waals surface area contributed by atoms with Crippen LogP contribution in [0.4, 0.5) is 5.82 Å². The largest absolute Gasteiger partial charge is 0.381 e. The van der Waals surface area contributed by atoms with Crippen LogP contribution >= 0.6 is 0 Å². The molecule has 0 amide bonds. The van der Waals surface area contributed by atoms with E-state index in [4.69, 9.17) is 4.74 Å². The number of anilines is 1. The van der Waals surface area contributed by atoms with E-state index in [0.29, 0.717) is 5.92 Å². The lowest BCUT2D eigenvalue weighted by Gasteiger charge is -2.07. The van der Waals surface area contributed by atoms with E-state index in [1.165, 1.54) is 6.42 Å². The molecule has 0 aliphatic carbocycles. The van der Waals surface area contributed by atoms with Gasteiger partial charge in [-0.3, -0.25) is 4.68 Å². The van der Waals surface area contributed by atoms with E-state index in [1.807, 2.05) is 19.3 Å². The number of aromatic nitrogens is 2. The standard InChI is InChI=1S/C9H15N3O/c1-12-4-2-9(11-12)10-6-8-3-5-13-7-8/h2,4,8H,3,5-7H2,1H3,(H,10,11). The molecule has 72 valence electrons. The van der Waals surface area contributed by atoms with Crippen molar-refractivity contribution in [3.8, 4) is 0 Å². The fraction of sp³-hybridized carbons (Fsp3) is 0.667. The third-order valence-corrected chi connectivity index (χ3v) is 2.31. The minimum absolute atomic E-state index is 0.655. The first-order chi connectivity index (χ1) is 6.34. The molecular weight excluding hydrogens is 166 g/mol. The second-order valence-corrected chi connectivity index (χ2v) is 3.49. The molecule has 1 fully saturated rings. The Labute approximate surface area is 77.9 Å². The lowest BCUT2D eigenvalue weighted by atomic mass is 10.1. The zero-order valence-electron chi connectivity index (χ0n) is 7.86. The molecule has 1 aromatic rings. The number of rotatable bonds is 3. The van der Waals surface area contributed by atoms with Crippen LogP contribution < -0.4 is 5.32 Å². The molecule has 0 aromatic carbocycles. The molecule has 4 heteroatoms. The van der Waals surface area contributed by atoms with Gasteiger partial charge in [0.2, 0.25) is 0 Å². The fourth-order valence-corrected chi connectivity index (χ4v) is 1.50. The number of ether oxygens (including phenoxy) is 1. The smallest absolute Gasteiger partial charge is 0.147 e. The molecule has 0 bridgehead atoms. The van der Waals surface area contributed by atoms with Crippen LogP contribution in [0, 0.1) is 5.92 Å². The topological polar surface area (TPSA) is 39.1 Å². The molecule has 1 aliphatic rings. The molecule has 13 heavy (non-hydrogen) atoms. The minimum atomic E-state index is 0.655. The molecule has 1 atom stereocenters. The Kier molecular flexibility index (Phi) is 2.49. The Bertz CT molecular complexity index is 266. The van der Waals surface area contributed by atoms with Gasteiger partial charge in [-0.25, -0.2) is 0 Å². The first-order valence-corrected chi connectivity index (χ1v) is 4.66. The van der Waals surface area contributed by atoms with E-state index in [2.05, 4.69) is 10.4 Å². The summed E-state index contributed by atoms with van der Waals surface area (Å²) >= 11 is 0. The predicted octanol–water partition coefficient (Wildman–Crippen LogP) is 0.868. The zero-order chi connectivity index (χ0) is 9.10. The second kappa shape index (κ2) is 3.79. The van der Waals surface area contributed by atoms with Crippen molar-refractivity contribution in [2.75, 3.05) is 25.1 Å². The monoisotopic (exact) mass is 181 g/mol. The van der Waals surface area contributed by atoms with Crippen LogP contribution in [-0.2, 0) is 11.8 Å². The Balaban J connectivity index is 1.78. The summed E-state index contributed by atoms with van der Waals surface area (Å²) < 4.78 is 7.08. The van der Waals surface area contributed by atoms with Gasteiger partial charge in [0, 0.05) is 38.4 Å². The highest BCUT2D eigenvalue weighted by molar-refractivity contribution is 5.31. The van der Waals surface area contributed by atoms with Gasteiger partial charge in [0.05, 0.1) is 6.61 Å². The molecule has 1 N–H and O–H groups in total. The SMILES string of the molecule is Cn1ccc(NCC2CCOC2)n1. The Morgan fingerprint density at radius 3 is 3.31 bits per heavy atom. The highest BCUT2D eigenvalue weighted by Crippen LogP contribution is 2.12. The third kappa shape index (κ3) is 2.21. The van der Waals surface area contributed by atoms with Crippen LogP contribution in [-0.4, -0.2) is 29.5 Å². The van der Waals surface area contributed by atoms with Crippen LogP contribution in [0.1, 0.15) is 6.42 Å². The Morgan fingerprint density at radius 1 is 1.77 bits per heavy atom. The van der Waals surface area contributed by atoms with E-state index < -0.39 is 0 Å². The van der Waals surface area contributed by atoms with Crippen LogP contribution in [0.2, 0.25) is 0 Å². The van der Waals surface area contributed by atoms with Gasteiger partial charge in [0.15, 0.2) is 0 Å². The molecule has 0 radical (unpaired) electrons. The summed E-state index contributed by atoms with van der Waals surface area (Å²) in [6.45, 7) is 2.77. The molecule has 4 nitrogen and oxygen atoms in total. The van der Waals surface area contributed by atoms with E-state index >= 15 is 0 Å². The Morgan fingerprint density at radius 2 is 2.69 bits per heavy atom. The van der Waals surface area contributed by atoms with Crippen LogP contribution in [0.5, 0.6) is 0 Å². The molecule has 1 saturated heterocycles. The molecule has 0 spiro atoms. The summed E-state index contributed by atoms with van der Waals surface area (Å²) in [7, 11) is 1.92. The Hall–Kier alpha value is -1.03. The summed E-state index contributed by atoms with van der Waals surface area (Å²) in [6, 6.07) is 1.98. The molecular formula is C9H15N3O. The average Bonchev–Trinajstić information content (AvgIpc) is 2.71. The van der Waals surface area contributed by atoms with E-state index in [-0.39, 0.29) is 0 Å². The molecule has 0 saturated carbocycles. The second-order valence-electron chi connectivity index (χ2n) is 3.49. The average molecular weight is 181 g/mol. The summed E-state index contributed by atoms with van der Waals surface area (Å²) in [5.41, 5.74) is 0. The van der Waals surface area contributed by atoms with Crippen molar-refractivity contribution in [3.05, 3.63) is 12.3 Å². The number of hydrogen-bond donors (Lipinski definition) is 1. The van der Waals surface area contributed by atoms with Gasteiger partial charge in [0.1, 0.15) is 5.82 Å². The maximum Gasteiger partial charge on any atom is 0.147 e. The number of hydrogen-bond acceptors (Lipinski definition) is 3. The maximum atomic E-state index is 5.29. The lowest BCUT2D eigenvalue weighted by molar-refractivity contribution is 0.187. The van der Waals surface area contributed by atoms with Gasteiger partial charge in [-0.05, 0) is 6.42 Å². The van der Waals surface area contributed by atoms with Gasteiger partial charge in [-0.2, -0.15) is 5.10 Å². The lowest BCUT2D eigenvalue weighted by Crippen LogP contribution is -2.14. The molecule has 1 unspecified atom stereocenters. The summed E-state index contributed by atoms with van der Waals surface area (Å²) in [5, 5.41) is 7.53.